The Labute approximate surface area is 227 Å². The molecule has 2 heterocycles. The van der Waals surface area contributed by atoms with Crippen LogP contribution in [-0.2, 0) is 15.9 Å². The van der Waals surface area contributed by atoms with E-state index in [2.05, 4.69) is 25.9 Å². The molecule has 1 amide bonds. The zero-order valence-corrected chi connectivity index (χ0v) is 23.8. The van der Waals surface area contributed by atoms with E-state index >= 15 is 4.39 Å². The minimum atomic E-state index is -2.67. The number of carbonyl (C=O) groups excluding carboxylic acids is 2. The number of halogens is 1. The number of hydrogen-bond donors (Lipinski definition) is 2. The van der Waals surface area contributed by atoms with Crippen molar-refractivity contribution < 1.29 is 23.3 Å². The zero-order valence-electron chi connectivity index (χ0n) is 22.9. The number of aryl methyl sites for hydroxylation is 1. The van der Waals surface area contributed by atoms with Gasteiger partial charge in [0, 0.05) is 48.9 Å². The quantitative estimate of drug-likeness (QED) is 0.230. The first kappa shape index (κ1) is 28.4. The molecule has 1 aromatic carbocycles. The van der Waals surface area contributed by atoms with Crippen LogP contribution in [-0.4, -0.2) is 51.1 Å². The molecule has 1 aliphatic rings. The highest BCUT2D eigenvalue weighted by atomic mass is 31.2. The van der Waals surface area contributed by atoms with E-state index < -0.39 is 13.0 Å². The number of ether oxygens (including phenoxy) is 1. The number of amides is 1. The van der Waals surface area contributed by atoms with Crippen molar-refractivity contribution in [2.24, 2.45) is 5.92 Å². The van der Waals surface area contributed by atoms with E-state index in [1.807, 2.05) is 20.8 Å². The van der Waals surface area contributed by atoms with E-state index in [9.17, 15) is 14.2 Å². The lowest BCUT2D eigenvalue weighted by Gasteiger charge is -2.16. The number of benzene rings is 1. The third-order valence-corrected chi connectivity index (χ3v) is 10.1. The van der Waals surface area contributed by atoms with Gasteiger partial charge >= 0.3 is 0 Å². The molecule has 0 radical (unpaired) electrons. The Morgan fingerprint density at radius 2 is 1.79 bits per heavy atom. The largest absolute Gasteiger partial charge is 0.494 e. The number of rotatable bonds is 12. The van der Waals surface area contributed by atoms with Crippen molar-refractivity contribution in [1.82, 2.24) is 20.0 Å². The van der Waals surface area contributed by atoms with E-state index in [0.717, 1.165) is 12.8 Å². The Morgan fingerprint density at radius 3 is 2.38 bits per heavy atom. The molecule has 1 saturated carbocycles. The van der Waals surface area contributed by atoms with E-state index in [0.29, 0.717) is 35.6 Å². The molecular formula is C27H34FN6O4P. The lowest BCUT2D eigenvalue weighted by molar-refractivity contribution is -0.117. The van der Waals surface area contributed by atoms with Gasteiger partial charge in [-0.05, 0) is 31.9 Å². The average Bonchev–Trinajstić information content (AvgIpc) is 3.70. The van der Waals surface area contributed by atoms with E-state index in [1.165, 1.54) is 25.3 Å². The van der Waals surface area contributed by atoms with Crippen LogP contribution in [0.25, 0.3) is 11.3 Å². The second kappa shape index (κ2) is 11.7. The molecule has 1 fully saturated rings. The van der Waals surface area contributed by atoms with Gasteiger partial charge in [0.15, 0.2) is 23.0 Å². The number of nitrogens with one attached hydrogen (secondary N) is 2. The normalized spacial score (nSPS) is 13.3. The summed E-state index contributed by atoms with van der Waals surface area (Å²) in [4.78, 5) is 24.9. The fourth-order valence-electron chi connectivity index (χ4n) is 4.38. The van der Waals surface area contributed by atoms with Crippen LogP contribution in [0.15, 0.2) is 24.3 Å². The molecule has 10 nitrogen and oxygen atoms in total. The summed E-state index contributed by atoms with van der Waals surface area (Å²) in [6, 6.07) is 5.79. The van der Waals surface area contributed by atoms with E-state index in [4.69, 9.17) is 4.74 Å². The maximum absolute atomic E-state index is 15.0. The van der Waals surface area contributed by atoms with Gasteiger partial charge in [0.25, 0.3) is 0 Å². The summed E-state index contributed by atoms with van der Waals surface area (Å²) in [7, 11) is -1.22. The Balaban J connectivity index is 1.80. The summed E-state index contributed by atoms with van der Waals surface area (Å²) in [5.74, 6) is -0.589. The maximum atomic E-state index is 15.0. The molecule has 12 heteroatoms. The molecule has 0 atom stereocenters. The Morgan fingerprint density at radius 1 is 1.08 bits per heavy atom. The SMILES string of the molecule is CCC(=O)c1nnc(NC(=O)C2CC2)cc1Nc1cc(F)cc(-c2cc(P(=O)(CC)CC)n(CC)n2)c1OC. The molecule has 39 heavy (non-hydrogen) atoms. The van der Waals surface area contributed by atoms with Gasteiger partial charge in [-0.25, -0.2) is 4.39 Å². The number of hydrogen-bond acceptors (Lipinski definition) is 8. The van der Waals surface area contributed by atoms with Gasteiger partial charge in [0.2, 0.25) is 5.91 Å². The zero-order chi connectivity index (χ0) is 28.3. The second-order valence-electron chi connectivity index (χ2n) is 9.42. The minimum Gasteiger partial charge on any atom is -0.494 e. The van der Waals surface area contributed by atoms with Crippen molar-refractivity contribution in [3.63, 3.8) is 0 Å². The molecule has 208 valence electrons. The average molecular weight is 557 g/mol. The van der Waals surface area contributed by atoms with Crippen molar-refractivity contribution in [2.45, 2.75) is 53.5 Å². The van der Waals surface area contributed by atoms with Gasteiger partial charge in [0.05, 0.1) is 29.6 Å². The van der Waals surface area contributed by atoms with Crippen LogP contribution in [0.5, 0.6) is 5.75 Å². The third kappa shape index (κ3) is 5.88. The van der Waals surface area contributed by atoms with Gasteiger partial charge < -0.3 is 19.9 Å². The van der Waals surface area contributed by atoms with Gasteiger partial charge in [-0.3, -0.25) is 14.3 Å². The number of Topliss-reactive ketones (excluding diaryl/α,β-unsaturated/α-hetero) is 1. The highest BCUT2D eigenvalue weighted by molar-refractivity contribution is 7.71. The first-order valence-corrected chi connectivity index (χ1v) is 15.3. The highest BCUT2D eigenvalue weighted by Crippen LogP contribution is 2.45. The molecule has 0 saturated heterocycles. The fourth-order valence-corrected chi connectivity index (χ4v) is 6.44. The van der Waals surface area contributed by atoms with Gasteiger partial charge in [0.1, 0.15) is 13.0 Å². The van der Waals surface area contributed by atoms with Crippen LogP contribution in [0.3, 0.4) is 0 Å². The predicted octanol–water partition coefficient (Wildman–Crippen LogP) is 5.22. The van der Waals surface area contributed by atoms with Crippen molar-refractivity contribution in [1.29, 1.82) is 0 Å². The Kier molecular flexibility index (Phi) is 8.49. The molecule has 1 aliphatic carbocycles. The molecule has 0 bridgehead atoms. The summed E-state index contributed by atoms with van der Waals surface area (Å²) in [5, 5.41) is 18.5. The molecule has 2 N–H and O–H groups in total. The van der Waals surface area contributed by atoms with Crippen LogP contribution < -0.4 is 20.8 Å². The van der Waals surface area contributed by atoms with Crippen LogP contribution in [0.2, 0.25) is 0 Å². The number of carbonyl (C=O) groups is 2. The summed E-state index contributed by atoms with van der Waals surface area (Å²) in [6.45, 7) is 7.89. The Hall–Kier alpha value is -3.59. The second-order valence-corrected chi connectivity index (χ2v) is 12.9. The smallest absolute Gasteiger partial charge is 0.228 e. The lowest BCUT2D eigenvalue weighted by Crippen LogP contribution is -2.19. The van der Waals surface area contributed by atoms with Gasteiger partial charge in [-0.15, -0.1) is 10.2 Å². The molecule has 0 aliphatic heterocycles. The van der Waals surface area contributed by atoms with Crippen LogP contribution in [0.4, 0.5) is 21.6 Å². The first-order valence-electron chi connectivity index (χ1n) is 13.2. The van der Waals surface area contributed by atoms with Crippen molar-refractivity contribution in [2.75, 3.05) is 30.1 Å². The predicted molar refractivity (Wildman–Crippen MR) is 149 cm³/mol. The summed E-state index contributed by atoms with van der Waals surface area (Å²) in [5.41, 5.74) is 1.95. The van der Waals surface area contributed by atoms with Gasteiger partial charge in [-0.2, -0.15) is 5.10 Å². The highest BCUT2D eigenvalue weighted by Gasteiger charge is 2.30. The molecule has 0 unspecified atom stereocenters. The molecule has 2 aromatic heterocycles. The van der Waals surface area contributed by atoms with E-state index in [1.54, 1.807) is 17.7 Å². The molecule has 3 aromatic rings. The summed E-state index contributed by atoms with van der Waals surface area (Å²) >= 11 is 0. The number of anilines is 3. The fraction of sp³-hybridized carbons (Fsp3) is 0.444. The number of methoxy groups -OCH3 is 1. The molecule has 0 spiro atoms. The summed E-state index contributed by atoms with van der Waals surface area (Å²) in [6.07, 6.45) is 2.80. The van der Waals surface area contributed by atoms with Crippen molar-refractivity contribution in [3.8, 4) is 17.0 Å². The van der Waals surface area contributed by atoms with Crippen LogP contribution >= 0.6 is 7.14 Å². The van der Waals surface area contributed by atoms with Crippen LogP contribution in [0, 0.1) is 11.7 Å². The van der Waals surface area contributed by atoms with E-state index in [-0.39, 0.29) is 52.7 Å². The topological polar surface area (TPSA) is 128 Å². The number of aromatic nitrogens is 4. The van der Waals surface area contributed by atoms with Gasteiger partial charge in [-0.1, -0.05) is 20.8 Å². The monoisotopic (exact) mass is 556 g/mol. The van der Waals surface area contributed by atoms with Crippen molar-refractivity contribution >= 4 is 41.5 Å². The van der Waals surface area contributed by atoms with Crippen LogP contribution in [0.1, 0.15) is 57.4 Å². The minimum absolute atomic E-state index is 0.0467. The molecule has 4 rings (SSSR count). The first-order chi connectivity index (χ1) is 18.7. The molecular weight excluding hydrogens is 522 g/mol. The Bertz CT molecular complexity index is 1440. The standard InChI is InChI=1S/C27H34FN6O4P/c1-6-22(35)25-20(14-23(31-32-25)30-27(36)16-10-11-16)29-21-13-17(28)12-18(26(21)38-5)19-15-24(34(7-2)33-19)39(37,8-3)9-4/h12-16H,6-11H2,1-5H3,(H2,29,30,31,36). The summed E-state index contributed by atoms with van der Waals surface area (Å²) < 4.78 is 36.0. The van der Waals surface area contributed by atoms with Crippen molar-refractivity contribution in [3.05, 3.63) is 35.8 Å². The maximum Gasteiger partial charge on any atom is 0.228 e. The lowest BCUT2D eigenvalue weighted by atomic mass is 10.1. The number of nitrogens with zero attached hydrogens (tertiary/aromatic N) is 4. The third-order valence-electron chi connectivity index (χ3n) is 6.88. The number of ketones is 1.